The molecule has 2 saturated heterocycles. The number of amides is 2. The van der Waals surface area contributed by atoms with Crippen LogP contribution in [0.5, 0.6) is 0 Å². The molecule has 0 saturated carbocycles. The molecule has 130 valence electrons. The lowest BCUT2D eigenvalue weighted by Gasteiger charge is -2.37. The van der Waals surface area contributed by atoms with E-state index < -0.39 is 0 Å². The first-order valence-electron chi connectivity index (χ1n) is 8.88. The topological polar surface area (TPSA) is 40.6 Å². The molecule has 0 bridgehead atoms. The van der Waals surface area contributed by atoms with Gasteiger partial charge in [-0.1, -0.05) is 18.5 Å². The molecule has 5 heteroatoms. The van der Waals surface area contributed by atoms with E-state index in [4.69, 9.17) is 11.6 Å². The SMILES string of the molecule is CC1CCN(C(=O)C2CCCN(C(=O)c3ccc(Cl)cc3)C2)CC1. The third kappa shape index (κ3) is 3.92. The van der Waals surface area contributed by atoms with Crippen LogP contribution in [0.15, 0.2) is 24.3 Å². The van der Waals surface area contributed by atoms with Crippen LogP contribution in [0, 0.1) is 11.8 Å². The fourth-order valence-electron chi connectivity index (χ4n) is 3.63. The van der Waals surface area contributed by atoms with E-state index in [0.29, 0.717) is 23.0 Å². The lowest BCUT2D eigenvalue weighted by Crippen LogP contribution is -2.48. The monoisotopic (exact) mass is 348 g/mol. The van der Waals surface area contributed by atoms with E-state index in [0.717, 1.165) is 45.3 Å². The second-order valence-electron chi connectivity index (χ2n) is 7.11. The van der Waals surface area contributed by atoms with Crippen molar-refractivity contribution in [3.8, 4) is 0 Å². The van der Waals surface area contributed by atoms with Crippen molar-refractivity contribution in [2.45, 2.75) is 32.6 Å². The fourth-order valence-corrected chi connectivity index (χ4v) is 3.75. The molecule has 0 aromatic heterocycles. The maximum absolute atomic E-state index is 12.8. The molecule has 24 heavy (non-hydrogen) atoms. The predicted molar refractivity (Wildman–Crippen MR) is 95.1 cm³/mol. The zero-order chi connectivity index (χ0) is 17.1. The maximum Gasteiger partial charge on any atom is 0.253 e. The molecule has 1 atom stereocenters. The molecule has 0 spiro atoms. The first kappa shape index (κ1) is 17.3. The number of piperidine rings is 2. The number of hydrogen-bond donors (Lipinski definition) is 0. The van der Waals surface area contributed by atoms with Gasteiger partial charge in [0, 0.05) is 36.8 Å². The van der Waals surface area contributed by atoms with Gasteiger partial charge < -0.3 is 9.80 Å². The molecular formula is C19H25ClN2O2. The van der Waals surface area contributed by atoms with Gasteiger partial charge in [-0.05, 0) is 55.9 Å². The smallest absolute Gasteiger partial charge is 0.253 e. The predicted octanol–water partition coefficient (Wildman–Crippen LogP) is 3.45. The number of carbonyl (C=O) groups excluding carboxylic acids is 2. The van der Waals surface area contributed by atoms with Crippen LogP contribution in [0.1, 0.15) is 43.0 Å². The van der Waals surface area contributed by atoms with E-state index in [1.165, 1.54) is 0 Å². The van der Waals surface area contributed by atoms with Crippen LogP contribution < -0.4 is 0 Å². The summed E-state index contributed by atoms with van der Waals surface area (Å²) in [5.41, 5.74) is 0.638. The standard InChI is InChI=1S/C19H25ClN2O2/c1-14-8-11-21(12-9-14)19(24)16-3-2-10-22(13-16)18(23)15-4-6-17(20)7-5-15/h4-7,14,16H,2-3,8-13H2,1H3. The van der Waals surface area contributed by atoms with Gasteiger partial charge in [-0.2, -0.15) is 0 Å². The third-order valence-corrected chi connectivity index (χ3v) is 5.50. The van der Waals surface area contributed by atoms with Gasteiger partial charge in [-0.15, -0.1) is 0 Å². The Morgan fingerprint density at radius 1 is 1.00 bits per heavy atom. The Labute approximate surface area is 148 Å². The summed E-state index contributed by atoms with van der Waals surface area (Å²) in [4.78, 5) is 29.3. The summed E-state index contributed by atoms with van der Waals surface area (Å²) >= 11 is 5.89. The fraction of sp³-hybridized carbons (Fsp3) is 0.579. The van der Waals surface area contributed by atoms with Crippen LogP contribution in [0.3, 0.4) is 0 Å². The van der Waals surface area contributed by atoms with Crippen molar-refractivity contribution < 1.29 is 9.59 Å². The molecule has 1 aromatic rings. The average Bonchev–Trinajstić information content (AvgIpc) is 2.62. The van der Waals surface area contributed by atoms with Crippen molar-refractivity contribution in [3.05, 3.63) is 34.9 Å². The Morgan fingerprint density at radius 2 is 1.67 bits per heavy atom. The highest BCUT2D eigenvalue weighted by molar-refractivity contribution is 6.30. The molecule has 4 nitrogen and oxygen atoms in total. The highest BCUT2D eigenvalue weighted by Gasteiger charge is 2.32. The van der Waals surface area contributed by atoms with Gasteiger partial charge in [0.25, 0.3) is 5.91 Å². The molecule has 2 fully saturated rings. The van der Waals surface area contributed by atoms with Gasteiger partial charge in [0.2, 0.25) is 5.91 Å². The van der Waals surface area contributed by atoms with Gasteiger partial charge >= 0.3 is 0 Å². The van der Waals surface area contributed by atoms with Crippen molar-refractivity contribution in [2.75, 3.05) is 26.2 Å². The van der Waals surface area contributed by atoms with Crippen molar-refractivity contribution in [1.29, 1.82) is 0 Å². The lowest BCUT2D eigenvalue weighted by atomic mass is 9.93. The Hall–Kier alpha value is -1.55. The third-order valence-electron chi connectivity index (χ3n) is 5.24. The van der Waals surface area contributed by atoms with E-state index in [2.05, 4.69) is 6.92 Å². The van der Waals surface area contributed by atoms with E-state index in [-0.39, 0.29) is 17.7 Å². The molecule has 0 N–H and O–H groups in total. The Balaban J connectivity index is 1.62. The molecule has 1 aromatic carbocycles. The number of halogens is 1. The van der Waals surface area contributed by atoms with Crippen LogP contribution >= 0.6 is 11.6 Å². The first-order valence-corrected chi connectivity index (χ1v) is 9.26. The summed E-state index contributed by atoms with van der Waals surface area (Å²) in [6.07, 6.45) is 3.95. The Kier molecular flexibility index (Phi) is 5.44. The van der Waals surface area contributed by atoms with E-state index in [1.807, 2.05) is 9.80 Å². The number of benzene rings is 1. The van der Waals surface area contributed by atoms with E-state index >= 15 is 0 Å². The minimum atomic E-state index is -0.0524. The summed E-state index contributed by atoms with van der Waals surface area (Å²) in [6.45, 7) is 5.23. The zero-order valence-electron chi connectivity index (χ0n) is 14.2. The van der Waals surface area contributed by atoms with Gasteiger partial charge in [0.05, 0.1) is 5.92 Å². The molecule has 3 rings (SSSR count). The zero-order valence-corrected chi connectivity index (χ0v) is 15.0. The number of likely N-dealkylation sites (tertiary alicyclic amines) is 2. The summed E-state index contributed by atoms with van der Waals surface area (Å²) in [6, 6.07) is 6.97. The minimum absolute atomic E-state index is 0.00330. The van der Waals surface area contributed by atoms with Gasteiger partial charge in [-0.25, -0.2) is 0 Å². The highest BCUT2D eigenvalue weighted by Crippen LogP contribution is 2.24. The van der Waals surface area contributed by atoms with Crippen LogP contribution in [0.4, 0.5) is 0 Å². The molecule has 2 aliphatic rings. The molecule has 2 aliphatic heterocycles. The number of hydrogen-bond acceptors (Lipinski definition) is 2. The van der Waals surface area contributed by atoms with Crippen LogP contribution in [0.25, 0.3) is 0 Å². The van der Waals surface area contributed by atoms with E-state index in [9.17, 15) is 9.59 Å². The lowest BCUT2D eigenvalue weighted by molar-refractivity contribution is -0.138. The van der Waals surface area contributed by atoms with Crippen LogP contribution in [0.2, 0.25) is 5.02 Å². The van der Waals surface area contributed by atoms with Crippen molar-refractivity contribution in [3.63, 3.8) is 0 Å². The van der Waals surface area contributed by atoms with Crippen LogP contribution in [-0.2, 0) is 4.79 Å². The van der Waals surface area contributed by atoms with Crippen LogP contribution in [-0.4, -0.2) is 47.8 Å². The largest absolute Gasteiger partial charge is 0.342 e. The molecule has 0 radical (unpaired) electrons. The maximum atomic E-state index is 12.8. The molecule has 2 amide bonds. The molecule has 0 aliphatic carbocycles. The number of rotatable bonds is 2. The molecular weight excluding hydrogens is 324 g/mol. The first-order chi connectivity index (χ1) is 11.5. The average molecular weight is 349 g/mol. The number of carbonyl (C=O) groups is 2. The molecule has 2 heterocycles. The Bertz CT molecular complexity index is 594. The highest BCUT2D eigenvalue weighted by atomic mass is 35.5. The normalized spacial score (nSPS) is 22.5. The van der Waals surface area contributed by atoms with Gasteiger partial charge in [0.1, 0.15) is 0 Å². The second-order valence-corrected chi connectivity index (χ2v) is 7.54. The summed E-state index contributed by atoms with van der Waals surface area (Å²) in [7, 11) is 0. The molecule has 1 unspecified atom stereocenters. The van der Waals surface area contributed by atoms with Gasteiger partial charge in [0.15, 0.2) is 0 Å². The minimum Gasteiger partial charge on any atom is -0.342 e. The number of nitrogens with zero attached hydrogens (tertiary/aromatic N) is 2. The second kappa shape index (κ2) is 7.56. The summed E-state index contributed by atoms with van der Waals surface area (Å²) in [5, 5.41) is 0.623. The summed E-state index contributed by atoms with van der Waals surface area (Å²) < 4.78 is 0. The van der Waals surface area contributed by atoms with Crippen molar-refractivity contribution >= 4 is 23.4 Å². The van der Waals surface area contributed by atoms with Crippen molar-refractivity contribution in [2.24, 2.45) is 11.8 Å². The quantitative estimate of drug-likeness (QED) is 0.821. The summed E-state index contributed by atoms with van der Waals surface area (Å²) in [5.74, 6) is 0.888. The van der Waals surface area contributed by atoms with Gasteiger partial charge in [-0.3, -0.25) is 9.59 Å². The van der Waals surface area contributed by atoms with Crippen molar-refractivity contribution in [1.82, 2.24) is 9.80 Å². The Morgan fingerprint density at radius 3 is 2.33 bits per heavy atom. The van der Waals surface area contributed by atoms with E-state index in [1.54, 1.807) is 24.3 Å².